The van der Waals surface area contributed by atoms with E-state index in [9.17, 15) is 18.3 Å². The smallest absolute Gasteiger partial charge is 0.416 e. The summed E-state index contributed by atoms with van der Waals surface area (Å²) in [5, 5.41) is 10.3. The van der Waals surface area contributed by atoms with Crippen molar-refractivity contribution in [1.29, 1.82) is 0 Å². The Hall–Kier alpha value is -1.35. The SMILES string of the molecule is Oc1cc(-c2nc3cc(C(F)(F)F)ccc3s2)ccc1I. The fourth-order valence-electron chi connectivity index (χ4n) is 1.87. The van der Waals surface area contributed by atoms with Crippen LogP contribution in [0.3, 0.4) is 0 Å². The summed E-state index contributed by atoms with van der Waals surface area (Å²) in [6.07, 6.45) is -4.38. The molecular formula is C14H7F3INOS. The third kappa shape index (κ3) is 2.84. The summed E-state index contributed by atoms with van der Waals surface area (Å²) < 4.78 is 39.4. The van der Waals surface area contributed by atoms with Crippen LogP contribution in [-0.2, 0) is 6.18 Å². The van der Waals surface area contributed by atoms with Gasteiger partial charge < -0.3 is 5.11 Å². The standard InChI is InChI=1S/C14H7F3INOS/c15-14(16,17)8-2-4-12-10(6-8)19-13(21-12)7-1-3-9(18)11(20)5-7/h1-6,20H. The van der Waals surface area contributed by atoms with Crippen LogP contribution >= 0.6 is 33.9 Å². The molecular weight excluding hydrogens is 414 g/mol. The Bertz CT molecular complexity index is 829. The van der Waals surface area contributed by atoms with Crippen molar-refractivity contribution in [3.8, 4) is 16.3 Å². The molecule has 0 amide bonds. The summed E-state index contributed by atoms with van der Waals surface area (Å²) in [5.74, 6) is 0.128. The highest BCUT2D eigenvalue weighted by molar-refractivity contribution is 14.1. The summed E-state index contributed by atoms with van der Waals surface area (Å²) >= 11 is 3.29. The molecule has 1 aromatic heterocycles. The topological polar surface area (TPSA) is 33.1 Å². The molecule has 0 saturated carbocycles. The van der Waals surface area contributed by atoms with Gasteiger partial charge in [0.05, 0.1) is 19.4 Å². The minimum absolute atomic E-state index is 0.128. The largest absolute Gasteiger partial charge is 0.507 e. The molecule has 21 heavy (non-hydrogen) atoms. The zero-order valence-corrected chi connectivity index (χ0v) is 13.3. The molecule has 1 N–H and O–H groups in total. The van der Waals surface area contributed by atoms with E-state index in [1.165, 1.54) is 17.4 Å². The molecule has 2 aromatic carbocycles. The molecule has 0 aliphatic rings. The van der Waals surface area contributed by atoms with Crippen molar-refractivity contribution in [3.05, 3.63) is 45.5 Å². The molecule has 0 saturated heterocycles. The van der Waals surface area contributed by atoms with E-state index >= 15 is 0 Å². The van der Waals surface area contributed by atoms with Crippen LogP contribution in [0, 0.1) is 3.57 Å². The molecule has 7 heteroatoms. The predicted octanol–water partition coefficient (Wildman–Crippen LogP) is 5.29. The van der Waals surface area contributed by atoms with Gasteiger partial charge in [0.2, 0.25) is 0 Å². The van der Waals surface area contributed by atoms with Crippen LogP contribution in [0.25, 0.3) is 20.8 Å². The highest BCUT2D eigenvalue weighted by Crippen LogP contribution is 2.36. The van der Waals surface area contributed by atoms with E-state index in [2.05, 4.69) is 4.98 Å². The zero-order chi connectivity index (χ0) is 15.2. The molecule has 1 heterocycles. The molecule has 0 atom stereocenters. The molecule has 3 rings (SSSR count). The third-order valence-electron chi connectivity index (χ3n) is 2.91. The molecule has 0 aliphatic carbocycles. The molecule has 108 valence electrons. The Morgan fingerprint density at radius 1 is 1.10 bits per heavy atom. The van der Waals surface area contributed by atoms with Crippen molar-refractivity contribution in [2.75, 3.05) is 0 Å². The number of thiazole rings is 1. The second-order valence-corrected chi connectivity index (χ2v) is 6.56. The number of aromatic hydroxyl groups is 1. The Morgan fingerprint density at radius 2 is 1.86 bits per heavy atom. The number of alkyl halides is 3. The van der Waals surface area contributed by atoms with E-state index in [1.54, 1.807) is 18.2 Å². The van der Waals surface area contributed by atoms with Gasteiger partial charge >= 0.3 is 6.18 Å². The van der Waals surface area contributed by atoms with Gasteiger partial charge in [0.1, 0.15) is 10.8 Å². The van der Waals surface area contributed by atoms with Gasteiger partial charge in [-0.05, 0) is 52.9 Å². The normalized spacial score (nSPS) is 12.0. The van der Waals surface area contributed by atoms with Gasteiger partial charge in [0, 0.05) is 5.56 Å². The van der Waals surface area contributed by atoms with E-state index in [-0.39, 0.29) is 5.75 Å². The van der Waals surface area contributed by atoms with Crippen molar-refractivity contribution in [2.24, 2.45) is 0 Å². The first-order valence-corrected chi connectivity index (χ1v) is 7.71. The third-order valence-corrected chi connectivity index (χ3v) is 4.91. The minimum Gasteiger partial charge on any atom is -0.507 e. The summed E-state index contributed by atoms with van der Waals surface area (Å²) in [7, 11) is 0. The highest BCUT2D eigenvalue weighted by atomic mass is 127. The lowest BCUT2D eigenvalue weighted by Crippen LogP contribution is -2.03. The molecule has 0 radical (unpaired) electrons. The molecule has 0 bridgehead atoms. The maximum absolute atomic E-state index is 12.7. The lowest BCUT2D eigenvalue weighted by molar-refractivity contribution is -0.137. The van der Waals surface area contributed by atoms with E-state index in [0.717, 1.165) is 12.1 Å². The van der Waals surface area contributed by atoms with Crippen molar-refractivity contribution >= 4 is 44.1 Å². The summed E-state index contributed by atoms with van der Waals surface area (Å²) in [4.78, 5) is 4.23. The lowest BCUT2D eigenvalue weighted by atomic mass is 10.2. The highest BCUT2D eigenvalue weighted by Gasteiger charge is 2.30. The maximum Gasteiger partial charge on any atom is 0.416 e. The van der Waals surface area contributed by atoms with Crippen LogP contribution in [0.5, 0.6) is 5.75 Å². The van der Waals surface area contributed by atoms with Crippen LogP contribution in [-0.4, -0.2) is 10.1 Å². The van der Waals surface area contributed by atoms with Gasteiger partial charge in [-0.3, -0.25) is 0 Å². The van der Waals surface area contributed by atoms with Crippen LogP contribution in [0.2, 0.25) is 0 Å². The maximum atomic E-state index is 12.7. The van der Waals surface area contributed by atoms with E-state index in [4.69, 9.17) is 0 Å². The molecule has 0 unspecified atom stereocenters. The monoisotopic (exact) mass is 421 g/mol. The Morgan fingerprint density at radius 3 is 2.52 bits per heavy atom. The number of phenols is 1. The van der Waals surface area contributed by atoms with Crippen molar-refractivity contribution < 1.29 is 18.3 Å². The number of aromatic nitrogens is 1. The number of phenolic OH excluding ortho intramolecular Hbond substituents is 1. The fourth-order valence-corrected chi connectivity index (χ4v) is 3.15. The van der Waals surface area contributed by atoms with Crippen LogP contribution in [0.15, 0.2) is 36.4 Å². The van der Waals surface area contributed by atoms with Crippen LogP contribution < -0.4 is 0 Å². The average Bonchev–Trinajstić information content (AvgIpc) is 2.83. The van der Waals surface area contributed by atoms with E-state index in [1.807, 2.05) is 22.6 Å². The molecule has 2 nitrogen and oxygen atoms in total. The van der Waals surface area contributed by atoms with Crippen LogP contribution in [0.4, 0.5) is 13.2 Å². The van der Waals surface area contributed by atoms with E-state index < -0.39 is 11.7 Å². The number of hydrogen-bond donors (Lipinski definition) is 1. The Balaban J connectivity index is 2.10. The lowest BCUT2D eigenvalue weighted by Gasteiger charge is -2.04. The van der Waals surface area contributed by atoms with Gasteiger partial charge in [-0.1, -0.05) is 6.07 Å². The Labute approximate surface area is 135 Å². The number of rotatable bonds is 1. The first-order valence-electron chi connectivity index (χ1n) is 5.81. The van der Waals surface area contributed by atoms with Crippen molar-refractivity contribution in [2.45, 2.75) is 6.18 Å². The first kappa shape index (κ1) is 14.6. The molecule has 0 spiro atoms. The average molecular weight is 421 g/mol. The number of nitrogens with zero attached hydrogens (tertiary/aromatic N) is 1. The summed E-state index contributed by atoms with van der Waals surface area (Å²) in [6.45, 7) is 0. The van der Waals surface area contributed by atoms with Gasteiger partial charge in [-0.15, -0.1) is 11.3 Å². The van der Waals surface area contributed by atoms with Crippen LogP contribution in [0.1, 0.15) is 5.56 Å². The van der Waals surface area contributed by atoms with Crippen molar-refractivity contribution in [1.82, 2.24) is 4.98 Å². The number of fused-ring (bicyclic) bond motifs is 1. The molecule has 0 aliphatic heterocycles. The second kappa shape index (κ2) is 5.13. The van der Waals surface area contributed by atoms with Gasteiger partial charge in [0.25, 0.3) is 0 Å². The quantitative estimate of drug-likeness (QED) is 0.542. The summed E-state index contributed by atoms with van der Waals surface area (Å²) in [6, 6.07) is 8.59. The second-order valence-electron chi connectivity index (χ2n) is 4.37. The number of halogens is 4. The van der Waals surface area contributed by atoms with Gasteiger partial charge in [-0.2, -0.15) is 13.2 Å². The zero-order valence-electron chi connectivity index (χ0n) is 10.3. The first-order chi connectivity index (χ1) is 9.84. The Kier molecular flexibility index (Phi) is 3.56. The number of hydrogen-bond acceptors (Lipinski definition) is 3. The van der Waals surface area contributed by atoms with Gasteiger partial charge in [0.15, 0.2) is 0 Å². The van der Waals surface area contributed by atoms with E-state index in [0.29, 0.717) is 24.4 Å². The van der Waals surface area contributed by atoms with Gasteiger partial charge in [-0.25, -0.2) is 4.98 Å². The van der Waals surface area contributed by atoms with Crippen molar-refractivity contribution in [3.63, 3.8) is 0 Å². The molecule has 0 fully saturated rings. The predicted molar refractivity (Wildman–Crippen MR) is 84.4 cm³/mol. The fraction of sp³-hybridized carbons (Fsp3) is 0.0714. The molecule has 3 aromatic rings. The minimum atomic E-state index is -4.38. The summed E-state index contributed by atoms with van der Waals surface area (Å²) in [5.41, 5.74) is 0.280. The number of benzene rings is 2.